The Morgan fingerprint density at radius 1 is 1.21 bits per heavy atom. The Bertz CT molecular complexity index is 915. The van der Waals surface area contributed by atoms with Crippen molar-refractivity contribution >= 4 is 22.8 Å². The van der Waals surface area contributed by atoms with Crippen LogP contribution in [0.5, 0.6) is 0 Å². The number of aromatic nitrogens is 3. The van der Waals surface area contributed by atoms with Crippen molar-refractivity contribution in [2.45, 2.75) is 27.7 Å². The quantitative estimate of drug-likeness (QED) is 0.793. The maximum absolute atomic E-state index is 11.7. The number of carbonyl (C=O) groups excluding carboxylic acids is 1. The first kappa shape index (κ1) is 16.0. The zero-order valence-corrected chi connectivity index (χ0v) is 14.3. The molecule has 0 aliphatic rings. The maximum Gasteiger partial charge on any atom is 0.412 e. The predicted molar refractivity (Wildman–Crippen MR) is 93.7 cm³/mol. The number of nitrogens with zero attached hydrogens (tertiary/aromatic N) is 3. The van der Waals surface area contributed by atoms with Gasteiger partial charge < -0.3 is 4.74 Å². The van der Waals surface area contributed by atoms with Gasteiger partial charge in [-0.25, -0.2) is 9.78 Å². The van der Waals surface area contributed by atoms with Crippen molar-refractivity contribution in [2.75, 3.05) is 11.9 Å². The number of hydrogen-bond donors (Lipinski definition) is 1. The molecule has 2 aromatic heterocycles. The van der Waals surface area contributed by atoms with E-state index in [2.05, 4.69) is 16.5 Å². The van der Waals surface area contributed by atoms with Gasteiger partial charge in [-0.1, -0.05) is 18.2 Å². The standard InChI is InChI=1S/C18H20N4O2/c1-5-24-18(23)20-16-10-13(4)21-22(16)15-9-12(3)14-8-6-7-11(2)17(14)19-15/h6-10H,5H2,1-4H3,(H,20,23). The van der Waals surface area contributed by atoms with Crippen LogP contribution < -0.4 is 5.32 Å². The third kappa shape index (κ3) is 2.95. The number of anilines is 1. The fourth-order valence-corrected chi connectivity index (χ4v) is 2.69. The molecule has 1 N–H and O–H groups in total. The molecule has 1 aromatic carbocycles. The predicted octanol–water partition coefficient (Wildman–Crippen LogP) is 3.91. The highest BCUT2D eigenvalue weighted by atomic mass is 16.5. The minimum Gasteiger partial charge on any atom is -0.450 e. The van der Waals surface area contributed by atoms with E-state index in [0.717, 1.165) is 27.7 Å². The number of rotatable bonds is 3. The summed E-state index contributed by atoms with van der Waals surface area (Å²) in [6, 6.07) is 9.86. The monoisotopic (exact) mass is 324 g/mol. The molecule has 0 saturated carbocycles. The molecule has 0 fully saturated rings. The number of benzene rings is 1. The number of aryl methyl sites for hydroxylation is 3. The van der Waals surface area contributed by atoms with Gasteiger partial charge in [0.2, 0.25) is 0 Å². The molecule has 2 heterocycles. The highest BCUT2D eigenvalue weighted by Gasteiger charge is 2.14. The first-order valence-corrected chi connectivity index (χ1v) is 7.87. The van der Waals surface area contributed by atoms with Crippen LogP contribution in [0.25, 0.3) is 16.7 Å². The summed E-state index contributed by atoms with van der Waals surface area (Å²) in [5, 5.41) is 8.28. The van der Waals surface area contributed by atoms with Crippen molar-refractivity contribution in [3.63, 3.8) is 0 Å². The topological polar surface area (TPSA) is 69.0 Å². The average molecular weight is 324 g/mol. The average Bonchev–Trinajstić information content (AvgIpc) is 2.89. The molecule has 124 valence electrons. The normalized spacial score (nSPS) is 10.8. The Balaban J connectivity index is 2.11. The molecule has 1 amide bonds. The minimum atomic E-state index is -0.507. The number of ether oxygens (including phenoxy) is 1. The van der Waals surface area contributed by atoms with Crippen LogP contribution >= 0.6 is 0 Å². The van der Waals surface area contributed by atoms with Crippen molar-refractivity contribution in [2.24, 2.45) is 0 Å². The minimum absolute atomic E-state index is 0.311. The Hall–Kier alpha value is -2.89. The second-order valence-electron chi connectivity index (χ2n) is 5.70. The molecular formula is C18H20N4O2. The lowest BCUT2D eigenvalue weighted by molar-refractivity contribution is 0.167. The highest BCUT2D eigenvalue weighted by Crippen LogP contribution is 2.24. The second-order valence-corrected chi connectivity index (χ2v) is 5.70. The molecule has 24 heavy (non-hydrogen) atoms. The van der Waals surface area contributed by atoms with Crippen LogP contribution in [0.15, 0.2) is 30.3 Å². The molecular weight excluding hydrogens is 304 g/mol. The third-order valence-electron chi connectivity index (χ3n) is 3.79. The van der Waals surface area contributed by atoms with Crippen LogP contribution in [-0.4, -0.2) is 27.5 Å². The van der Waals surface area contributed by atoms with E-state index >= 15 is 0 Å². The SMILES string of the molecule is CCOC(=O)Nc1cc(C)nn1-c1cc(C)c2cccc(C)c2n1. The van der Waals surface area contributed by atoms with Crippen molar-refractivity contribution in [3.05, 3.63) is 47.2 Å². The summed E-state index contributed by atoms with van der Waals surface area (Å²) in [4.78, 5) is 16.5. The Morgan fingerprint density at radius 3 is 2.75 bits per heavy atom. The van der Waals surface area contributed by atoms with Crippen LogP contribution in [0.2, 0.25) is 0 Å². The number of nitrogens with one attached hydrogen (secondary N) is 1. The summed E-state index contributed by atoms with van der Waals surface area (Å²) in [6.45, 7) is 8.02. The number of para-hydroxylation sites is 1. The van der Waals surface area contributed by atoms with Crippen molar-refractivity contribution in [1.29, 1.82) is 0 Å². The van der Waals surface area contributed by atoms with E-state index < -0.39 is 6.09 Å². The highest BCUT2D eigenvalue weighted by molar-refractivity contribution is 5.86. The van der Waals surface area contributed by atoms with Gasteiger partial charge in [0, 0.05) is 11.5 Å². The fourth-order valence-electron chi connectivity index (χ4n) is 2.69. The van der Waals surface area contributed by atoms with Crippen molar-refractivity contribution < 1.29 is 9.53 Å². The van der Waals surface area contributed by atoms with Crippen molar-refractivity contribution in [1.82, 2.24) is 14.8 Å². The fraction of sp³-hybridized carbons (Fsp3) is 0.278. The number of pyridine rings is 1. The largest absolute Gasteiger partial charge is 0.450 e. The Kier molecular flexibility index (Phi) is 4.20. The van der Waals surface area contributed by atoms with Gasteiger partial charge in [0.15, 0.2) is 5.82 Å². The first-order valence-electron chi connectivity index (χ1n) is 7.87. The lowest BCUT2D eigenvalue weighted by atomic mass is 10.1. The number of fused-ring (bicyclic) bond motifs is 1. The van der Waals surface area contributed by atoms with Crippen LogP contribution in [0.4, 0.5) is 10.6 Å². The van der Waals surface area contributed by atoms with E-state index in [9.17, 15) is 4.79 Å². The zero-order valence-electron chi connectivity index (χ0n) is 14.3. The molecule has 0 bridgehead atoms. The van der Waals surface area contributed by atoms with Gasteiger partial charge >= 0.3 is 6.09 Å². The van der Waals surface area contributed by atoms with Crippen LogP contribution in [0.1, 0.15) is 23.7 Å². The second kappa shape index (κ2) is 6.31. The summed E-state index contributed by atoms with van der Waals surface area (Å²) in [7, 11) is 0. The van der Waals surface area contributed by atoms with Crippen molar-refractivity contribution in [3.8, 4) is 5.82 Å². The molecule has 6 heteroatoms. The summed E-state index contributed by atoms with van der Waals surface area (Å²) in [5.74, 6) is 1.19. The summed E-state index contributed by atoms with van der Waals surface area (Å²) >= 11 is 0. The van der Waals surface area contributed by atoms with E-state index in [-0.39, 0.29) is 0 Å². The molecule has 0 radical (unpaired) electrons. The van der Waals surface area contributed by atoms with Gasteiger partial charge in [-0.15, -0.1) is 0 Å². The van der Waals surface area contributed by atoms with E-state index in [1.165, 1.54) is 0 Å². The van der Waals surface area contributed by atoms with E-state index in [1.54, 1.807) is 17.7 Å². The molecule has 0 spiro atoms. The van der Waals surface area contributed by atoms with Crippen LogP contribution in [-0.2, 0) is 4.74 Å². The van der Waals surface area contributed by atoms with Gasteiger partial charge in [-0.3, -0.25) is 5.32 Å². The molecule has 6 nitrogen and oxygen atoms in total. The van der Waals surface area contributed by atoms with E-state index in [4.69, 9.17) is 9.72 Å². The Labute approximate surface area is 140 Å². The van der Waals surface area contributed by atoms with Gasteiger partial charge in [-0.05, 0) is 44.9 Å². The van der Waals surface area contributed by atoms with E-state index in [1.807, 2.05) is 39.0 Å². The molecule has 0 atom stereocenters. The molecule has 0 saturated heterocycles. The van der Waals surface area contributed by atoms with Gasteiger partial charge in [0.25, 0.3) is 0 Å². The summed E-state index contributed by atoms with van der Waals surface area (Å²) < 4.78 is 6.58. The van der Waals surface area contributed by atoms with Crippen LogP contribution in [0, 0.1) is 20.8 Å². The summed E-state index contributed by atoms with van der Waals surface area (Å²) in [5.41, 5.74) is 3.92. The molecule has 0 unspecified atom stereocenters. The number of carbonyl (C=O) groups is 1. The van der Waals surface area contributed by atoms with Gasteiger partial charge in [-0.2, -0.15) is 9.78 Å². The van der Waals surface area contributed by atoms with Gasteiger partial charge in [0.1, 0.15) is 5.82 Å². The first-order chi connectivity index (χ1) is 11.5. The smallest absolute Gasteiger partial charge is 0.412 e. The lowest BCUT2D eigenvalue weighted by Crippen LogP contribution is -2.16. The van der Waals surface area contributed by atoms with Crippen LogP contribution in [0.3, 0.4) is 0 Å². The third-order valence-corrected chi connectivity index (χ3v) is 3.79. The molecule has 3 aromatic rings. The number of amides is 1. The van der Waals surface area contributed by atoms with E-state index in [0.29, 0.717) is 18.2 Å². The van der Waals surface area contributed by atoms with Gasteiger partial charge in [0.05, 0.1) is 17.8 Å². The maximum atomic E-state index is 11.7. The number of hydrogen-bond acceptors (Lipinski definition) is 4. The molecule has 0 aliphatic heterocycles. The Morgan fingerprint density at radius 2 is 2.00 bits per heavy atom. The molecule has 3 rings (SSSR count). The molecule has 0 aliphatic carbocycles. The zero-order chi connectivity index (χ0) is 17.3. The summed E-state index contributed by atoms with van der Waals surface area (Å²) in [6.07, 6.45) is -0.507. The lowest BCUT2D eigenvalue weighted by Gasteiger charge is -2.11.